The SMILES string of the molecule is CCN(C(=O)CN1CCN(Cc2nc(-c3ccc(C)cc3)no2)CC1)c1ccccc1. The number of hydrogen-bond donors (Lipinski definition) is 0. The van der Waals surface area contributed by atoms with Gasteiger partial charge in [-0.05, 0) is 26.0 Å². The topological polar surface area (TPSA) is 65.7 Å². The standard InChI is InChI=1S/C24H29N5O2/c1-3-29(21-7-5-4-6-8-21)23(30)18-28-15-13-27(14-16-28)17-22-25-24(26-31-22)20-11-9-19(2)10-12-20/h4-12H,3,13-18H2,1-2H3. The Hall–Kier alpha value is -3.03. The summed E-state index contributed by atoms with van der Waals surface area (Å²) in [6.07, 6.45) is 0. The number of amides is 1. The second-order valence-electron chi connectivity index (χ2n) is 7.90. The molecule has 1 aliphatic rings. The number of piperazine rings is 1. The molecule has 1 fully saturated rings. The van der Waals surface area contributed by atoms with Crippen LogP contribution >= 0.6 is 0 Å². The number of para-hydroxylation sites is 1. The van der Waals surface area contributed by atoms with Gasteiger partial charge in [-0.25, -0.2) is 0 Å². The molecule has 0 N–H and O–H groups in total. The van der Waals surface area contributed by atoms with Crippen LogP contribution in [0.5, 0.6) is 0 Å². The molecule has 7 nitrogen and oxygen atoms in total. The lowest BCUT2D eigenvalue weighted by Crippen LogP contribution is -2.49. The number of rotatable bonds is 7. The van der Waals surface area contributed by atoms with Gasteiger partial charge in [-0.15, -0.1) is 0 Å². The van der Waals surface area contributed by atoms with E-state index >= 15 is 0 Å². The molecule has 1 aromatic heterocycles. The van der Waals surface area contributed by atoms with Gasteiger partial charge in [0, 0.05) is 44.0 Å². The number of carbonyl (C=O) groups is 1. The monoisotopic (exact) mass is 419 g/mol. The Morgan fingerprint density at radius 3 is 2.35 bits per heavy atom. The van der Waals surface area contributed by atoms with Gasteiger partial charge in [0.1, 0.15) is 0 Å². The van der Waals surface area contributed by atoms with Gasteiger partial charge in [0.15, 0.2) is 0 Å². The molecule has 7 heteroatoms. The molecule has 0 radical (unpaired) electrons. The highest BCUT2D eigenvalue weighted by Crippen LogP contribution is 2.18. The fourth-order valence-electron chi connectivity index (χ4n) is 3.82. The molecular weight excluding hydrogens is 390 g/mol. The van der Waals surface area contributed by atoms with Crippen molar-refractivity contribution >= 4 is 11.6 Å². The summed E-state index contributed by atoms with van der Waals surface area (Å²) in [5.74, 6) is 1.39. The smallest absolute Gasteiger partial charge is 0.241 e. The zero-order chi connectivity index (χ0) is 21.6. The van der Waals surface area contributed by atoms with Crippen LogP contribution in [-0.2, 0) is 11.3 Å². The van der Waals surface area contributed by atoms with Gasteiger partial charge in [-0.3, -0.25) is 14.6 Å². The zero-order valence-electron chi connectivity index (χ0n) is 18.2. The van der Waals surface area contributed by atoms with Crippen LogP contribution in [-0.4, -0.2) is 65.1 Å². The van der Waals surface area contributed by atoms with Gasteiger partial charge in [0.2, 0.25) is 17.6 Å². The van der Waals surface area contributed by atoms with Crippen LogP contribution < -0.4 is 4.90 Å². The van der Waals surface area contributed by atoms with E-state index in [0.29, 0.717) is 31.3 Å². The van der Waals surface area contributed by atoms with Crippen molar-refractivity contribution in [1.82, 2.24) is 19.9 Å². The van der Waals surface area contributed by atoms with Crippen molar-refractivity contribution in [2.45, 2.75) is 20.4 Å². The van der Waals surface area contributed by atoms with Crippen LogP contribution in [0.4, 0.5) is 5.69 Å². The normalized spacial score (nSPS) is 15.2. The quantitative estimate of drug-likeness (QED) is 0.586. The minimum Gasteiger partial charge on any atom is -0.338 e. The maximum absolute atomic E-state index is 12.8. The lowest BCUT2D eigenvalue weighted by Gasteiger charge is -2.34. The number of hydrogen-bond acceptors (Lipinski definition) is 6. The average Bonchev–Trinajstić information content (AvgIpc) is 3.25. The third-order valence-electron chi connectivity index (χ3n) is 5.65. The van der Waals surface area contributed by atoms with E-state index in [-0.39, 0.29) is 5.91 Å². The average molecular weight is 420 g/mol. The number of anilines is 1. The molecule has 1 aliphatic heterocycles. The number of benzene rings is 2. The highest BCUT2D eigenvalue weighted by molar-refractivity contribution is 5.94. The molecule has 2 aromatic carbocycles. The van der Waals surface area contributed by atoms with E-state index in [1.807, 2.05) is 66.4 Å². The van der Waals surface area contributed by atoms with Crippen molar-refractivity contribution in [2.75, 3.05) is 44.2 Å². The summed E-state index contributed by atoms with van der Waals surface area (Å²) in [6, 6.07) is 18.0. The first-order valence-electron chi connectivity index (χ1n) is 10.8. The second kappa shape index (κ2) is 9.85. The fourth-order valence-corrected chi connectivity index (χ4v) is 3.82. The molecular formula is C24H29N5O2. The number of carbonyl (C=O) groups excluding carboxylic acids is 1. The Kier molecular flexibility index (Phi) is 6.74. The van der Waals surface area contributed by atoms with Crippen LogP contribution in [0.25, 0.3) is 11.4 Å². The van der Waals surface area contributed by atoms with Gasteiger partial charge in [0.05, 0.1) is 13.1 Å². The van der Waals surface area contributed by atoms with E-state index in [0.717, 1.165) is 37.4 Å². The van der Waals surface area contributed by atoms with Crippen molar-refractivity contribution < 1.29 is 9.32 Å². The summed E-state index contributed by atoms with van der Waals surface area (Å²) in [7, 11) is 0. The molecule has 0 saturated carbocycles. The van der Waals surface area contributed by atoms with Crippen molar-refractivity contribution in [2.24, 2.45) is 0 Å². The van der Waals surface area contributed by atoms with E-state index in [1.54, 1.807) is 0 Å². The van der Waals surface area contributed by atoms with Crippen LogP contribution in [0.1, 0.15) is 18.4 Å². The summed E-state index contributed by atoms with van der Waals surface area (Å²) < 4.78 is 5.46. The van der Waals surface area contributed by atoms with Crippen molar-refractivity contribution in [3.05, 3.63) is 66.1 Å². The van der Waals surface area contributed by atoms with Crippen LogP contribution in [0, 0.1) is 6.92 Å². The Morgan fingerprint density at radius 1 is 1.00 bits per heavy atom. The molecule has 0 unspecified atom stereocenters. The summed E-state index contributed by atoms with van der Waals surface area (Å²) in [6.45, 7) is 9.23. The lowest BCUT2D eigenvalue weighted by molar-refractivity contribution is -0.120. The summed E-state index contributed by atoms with van der Waals surface area (Å²) in [5, 5.41) is 4.12. The van der Waals surface area contributed by atoms with Gasteiger partial charge in [0.25, 0.3) is 0 Å². The number of aromatic nitrogens is 2. The Labute approximate surface area is 183 Å². The van der Waals surface area contributed by atoms with E-state index in [9.17, 15) is 4.79 Å². The van der Waals surface area contributed by atoms with Gasteiger partial charge in [-0.2, -0.15) is 4.98 Å². The van der Waals surface area contributed by atoms with Crippen molar-refractivity contribution in [1.29, 1.82) is 0 Å². The largest absolute Gasteiger partial charge is 0.338 e. The first-order chi connectivity index (χ1) is 15.1. The first-order valence-corrected chi connectivity index (χ1v) is 10.8. The van der Waals surface area contributed by atoms with Gasteiger partial charge < -0.3 is 9.42 Å². The molecule has 1 amide bonds. The Morgan fingerprint density at radius 2 is 1.68 bits per heavy atom. The third-order valence-corrected chi connectivity index (χ3v) is 5.65. The molecule has 162 valence electrons. The second-order valence-corrected chi connectivity index (χ2v) is 7.90. The Bertz CT molecular complexity index is 979. The predicted octanol–water partition coefficient (Wildman–Crippen LogP) is 3.22. The lowest BCUT2D eigenvalue weighted by atomic mass is 10.1. The van der Waals surface area contributed by atoms with E-state index in [2.05, 4.69) is 26.9 Å². The van der Waals surface area contributed by atoms with Crippen LogP contribution in [0.3, 0.4) is 0 Å². The predicted molar refractivity (Wildman–Crippen MR) is 121 cm³/mol. The maximum Gasteiger partial charge on any atom is 0.241 e. The van der Waals surface area contributed by atoms with Crippen molar-refractivity contribution in [3.8, 4) is 11.4 Å². The minimum atomic E-state index is 0.141. The summed E-state index contributed by atoms with van der Waals surface area (Å²) >= 11 is 0. The molecule has 0 bridgehead atoms. The highest BCUT2D eigenvalue weighted by atomic mass is 16.5. The third kappa shape index (κ3) is 5.37. The minimum absolute atomic E-state index is 0.141. The first kappa shape index (κ1) is 21.2. The summed E-state index contributed by atoms with van der Waals surface area (Å²) in [5.41, 5.74) is 3.12. The van der Waals surface area contributed by atoms with Gasteiger partial charge in [-0.1, -0.05) is 53.2 Å². The fraction of sp³-hybridized carbons (Fsp3) is 0.375. The molecule has 0 aliphatic carbocycles. The summed E-state index contributed by atoms with van der Waals surface area (Å²) in [4.78, 5) is 23.7. The Balaban J connectivity index is 1.27. The molecule has 0 atom stereocenters. The highest BCUT2D eigenvalue weighted by Gasteiger charge is 2.23. The molecule has 2 heterocycles. The molecule has 0 spiro atoms. The molecule has 1 saturated heterocycles. The van der Waals surface area contributed by atoms with Crippen molar-refractivity contribution in [3.63, 3.8) is 0 Å². The molecule has 3 aromatic rings. The van der Waals surface area contributed by atoms with E-state index < -0.39 is 0 Å². The van der Waals surface area contributed by atoms with Crippen LogP contribution in [0.2, 0.25) is 0 Å². The van der Waals surface area contributed by atoms with E-state index in [1.165, 1.54) is 5.56 Å². The van der Waals surface area contributed by atoms with E-state index in [4.69, 9.17) is 4.52 Å². The maximum atomic E-state index is 12.8. The van der Waals surface area contributed by atoms with Gasteiger partial charge >= 0.3 is 0 Å². The number of likely N-dealkylation sites (N-methyl/N-ethyl adjacent to an activating group) is 1. The van der Waals surface area contributed by atoms with Crippen LogP contribution in [0.15, 0.2) is 59.1 Å². The molecule has 31 heavy (non-hydrogen) atoms. The number of aryl methyl sites for hydroxylation is 1. The zero-order valence-corrected chi connectivity index (χ0v) is 18.2. The molecule has 4 rings (SSSR count). The number of nitrogens with zero attached hydrogens (tertiary/aromatic N) is 5.